The van der Waals surface area contributed by atoms with Crippen molar-refractivity contribution in [3.8, 4) is 0 Å². The molecule has 128 valence electrons. The number of sulfonamides is 1. The van der Waals surface area contributed by atoms with Gasteiger partial charge in [-0.05, 0) is 37.8 Å². The maximum Gasteiger partial charge on any atom is 0.293 e. The first-order valence-electron chi connectivity index (χ1n) is 7.53. The molecular formula is C14H21N3O5S. The van der Waals surface area contributed by atoms with E-state index in [9.17, 15) is 18.5 Å². The van der Waals surface area contributed by atoms with Crippen LogP contribution in [0.5, 0.6) is 0 Å². The average Bonchev–Trinajstić information content (AvgIpc) is 3.34. The molecule has 0 saturated heterocycles. The molecular weight excluding hydrogens is 322 g/mol. The second-order valence-electron chi connectivity index (χ2n) is 5.36. The van der Waals surface area contributed by atoms with Gasteiger partial charge in [0, 0.05) is 25.8 Å². The predicted octanol–water partition coefficient (Wildman–Crippen LogP) is 1.73. The third-order valence-electron chi connectivity index (χ3n) is 3.50. The van der Waals surface area contributed by atoms with E-state index in [-0.39, 0.29) is 16.3 Å². The molecule has 8 nitrogen and oxygen atoms in total. The Labute approximate surface area is 135 Å². The molecule has 2 N–H and O–H groups in total. The van der Waals surface area contributed by atoms with E-state index in [0.717, 1.165) is 18.9 Å². The number of anilines is 1. The molecule has 0 radical (unpaired) electrons. The molecule has 0 atom stereocenters. The van der Waals surface area contributed by atoms with Crippen molar-refractivity contribution in [1.82, 2.24) is 4.72 Å². The highest BCUT2D eigenvalue weighted by atomic mass is 32.2. The number of nitro benzene ring substituents is 1. The molecule has 0 bridgehead atoms. The Kier molecular flexibility index (Phi) is 5.91. The van der Waals surface area contributed by atoms with Gasteiger partial charge in [0.15, 0.2) is 0 Å². The third-order valence-corrected chi connectivity index (χ3v) is 4.92. The first-order chi connectivity index (χ1) is 10.9. The number of nitro groups is 1. The van der Waals surface area contributed by atoms with Crippen LogP contribution in [0.1, 0.15) is 19.8 Å². The highest BCUT2D eigenvalue weighted by Crippen LogP contribution is 2.30. The van der Waals surface area contributed by atoms with Crippen molar-refractivity contribution < 1.29 is 18.1 Å². The lowest BCUT2D eigenvalue weighted by molar-refractivity contribution is -0.384. The first kappa shape index (κ1) is 17.6. The standard InChI is InChI=1S/C14H21N3O5S/c1-2-22-8-7-15-13-6-5-12(9-14(13)17(18)19)23(20,21)16-10-11-3-4-11/h5-6,9,11,15-16H,2-4,7-8,10H2,1H3. The topological polar surface area (TPSA) is 111 Å². The molecule has 0 spiro atoms. The summed E-state index contributed by atoms with van der Waals surface area (Å²) in [5.74, 6) is 0.388. The largest absolute Gasteiger partial charge is 0.380 e. The molecule has 9 heteroatoms. The Morgan fingerprint density at radius 1 is 1.39 bits per heavy atom. The SMILES string of the molecule is CCOCCNc1ccc(S(=O)(=O)NCC2CC2)cc1[N+](=O)[O-]. The molecule has 0 heterocycles. The molecule has 1 aliphatic rings. The minimum Gasteiger partial charge on any atom is -0.380 e. The highest BCUT2D eigenvalue weighted by molar-refractivity contribution is 7.89. The van der Waals surface area contributed by atoms with Gasteiger partial charge in [0.2, 0.25) is 10.0 Å². The highest BCUT2D eigenvalue weighted by Gasteiger charge is 2.26. The van der Waals surface area contributed by atoms with E-state index in [1.165, 1.54) is 12.1 Å². The molecule has 2 rings (SSSR count). The van der Waals surface area contributed by atoms with E-state index < -0.39 is 14.9 Å². The van der Waals surface area contributed by atoms with Crippen LogP contribution in [0.25, 0.3) is 0 Å². The van der Waals surface area contributed by atoms with Crippen molar-refractivity contribution in [3.05, 3.63) is 28.3 Å². The number of ether oxygens (including phenoxy) is 1. The Morgan fingerprint density at radius 2 is 2.13 bits per heavy atom. The van der Waals surface area contributed by atoms with Crippen molar-refractivity contribution in [3.63, 3.8) is 0 Å². The lowest BCUT2D eigenvalue weighted by Gasteiger charge is -2.10. The second-order valence-corrected chi connectivity index (χ2v) is 7.12. The van der Waals surface area contributed by atoms with Crippen molar-refractivity contribution in [1.29, 1.82) is 0 Å². The van der Waals surface area contributed by atoms with Crippen molar-refractivity contribution in [2.24, 2.45) is 5.92 Å². The van der Waals surface area contributed by atoms with Crippen LogP contribution in [-0.2, 0) is 14.8 Å². The molecule has 1 aliphatic carbocycles. The molecule has 0 unspecified atom stereocenters. The Balaban J connectivity index is 2.12. The zero-order chi connectivity index (χ0) is 16.9. The molecule has 0 aliphatic heterocycles. The maximum atomic E-state index is 12.2. The summed E-state index contributed by atoms with van der Waals surface area (Å²) in [5.41, 5.74) is 0.00615. The van der Waals surface area contributed by atoms with E-state index in [2.05, 4.69) is 10.0 Å². The third kappa shape index (κ3) is 5.15. The molecule has 0 amide bonds. The van der Waals surface area contributed by atoms with Gasteiger partial charge in [-0.3, -0.25) is 10.1 Å². The van der Waals surface area contributed by atoms with Crippen molar-refractivity contribution >= 4 is 21.4 Å². The molecule has 1 fully saturated rings. The quantitative estimate of drug-likeness (QED) is 0.380. The number of hydrogen-bond acceptors (Lipinski definition) is 6. The zero-order valence-electron chi connectivity index (χ0n) is 12.9. The monoisotopic (exact) mass is 343 g/mol. The van der Waals surface area contributed by atoms with Gasteiger partial charge in [-0.25, -0.2) is 13.1 Å². The number of nitrogens with zero attached hydrogens (tertiary/aromatic N) is 1. The summed E-state index contributed by atoms with van der Waals surface area (Å²) in [4.78, 5) is 10.5. The Morgan fingerprint density at radius 3 is 2.74 bits per heavy atom. The average molecular weight is 343 g/mol. The van der Waals surface area contributed by atoms with Gasteiger partial charge in [-0.1, -0.05) is 0 Å². The molecule has 1 aromatic rings. The van der Waals surface area contributed by atoms with Crippen LogP contribution in [0, 0.1) is 16.0 Å². The fraction of sp³-hybridized carbons (Fsp3) is 0.571. The first-order valence-corrected chi connectivity index (χ1v) is 9.02. The summed E-state index contributed by atoms with van der Waals surface area (Å²) in [6.07, 6.45) is 2.04. The van der Waals surface area contributed by atoms with Gasteiger partial charge < -0.3 is 10.1 Å². The van der Waals surface area contributed by atoms with Gasteiger partial charge in [-0.15, -0.1) is 0 Å². The van der Waals surface area contributed by atoms with Crippen LogP contribution in [0.15, 0.2) is 23.1 Å². The van der Waals surface area contributed by atoms with E-state index >= 15 is 0 Å². The predicted molar refractivity (Wildman–Crippen MR) is 86.0 cm³/mol. The van der Waals surface area contributed by atoms with Crippen LogP contribution in [0.4, 0.5) is 11.4 Å². The molecule has 0 aromatic heterocycles. The fourth-order valence-electron chi connectivity index (χ4n) is 2.01. The summed E-state index contributed by atoms with van der Waals surface area (Å²) in [6, 6.07) is 3.86. The van der Waals surface area contributed by atoms with Gasteiger partial charge in [-0.2, -0.15) is 0 Å². The normalized spacial score (nSPS) is 14.7. The lowest BCUT2D eigenvalue weighted by atomic mass is 10.2. The fourth-order valence-corrected chi connectivity index (χ4v) is 3.15. The van der Waals surface area contributed by atoms with Crippen LogP contribution in [0.3, 0.4) is 0 Å². The van der Waals surface area contributed by atoms with Gasteiger partial charge in [0.05, 0.1) is 16.4 Å². The van der Waals surface area contributed by atoms with Crippen molar-refractivity contribution in [2.45, 2.75) is 24.7 Å². The summed E-state index contributed by atoms with van der Waals surface area (Å²) in [6.45, 7) is 3.62. The van der Waals surface area contributed by atoms with E-state index in [0.29, 0.717) is 32.2 Å². The maximum absolute atomic E-state index is 12.2. The van der Waals surface area contributed by atoms with Gasteiger partial charge >= 0.3 is 0 Å². The Bertz CT molecular complexity index is 658. The molecule has 23 heavy (non-hydrogen) atoms. The van der Waals surface area contributed by atoms with Gasteiger partial charge in [0.25, 0.3) is 5.69 Å². The number of benzene rings is 1. The summed E-state index contributed by atoms with van der Waals surface area (Å²) in [5, 5.41) is 14.1. The molecule has 1 aromatic carbocycles. The van der Waals surface area contributed by atoms with Crippen LogP contribution >= 0.6 is 0 Å². The summed E-state index contributed by atoms with van der Waals surface area (Å²) in [7, 11) is -3.72. The smallest absolute Gasteiger partial charge is 0.293 e. The summed E-state index contributed by atoms with van der Waals surface area (Å²) >= 11 is 0. The minimum atomic E-state index is -3.72. The number of nitrogens with one attached hydrogen (secondary N) is 2. The zero-order valence-corrected chi connectivity index (χ0v) is 13.8. The minimum absolute atomic E-state index is 0.0970. The van der Waals surface area contributed by atoms with Crippen molar-refractivity contribution in [2.75, 3.05) is 31.6 Å². The van der Waals surface area contributed by atoms with E-state index in [1.54, 1.807) is 0 Å². The Hall–Kier alpha value is -1.71. The van der Waals surface area contributed by atoms with Crippen LogP contribution in [-0.4, -0.2) is 39.6 Å². The lowest BCUT2D eigenvalue weighted by Crippen LogP contribution is -2.26. The second kappa shape index (κ2) is 7.71. The van der Waals surface area contributed by atoms with Crippen LogP contribution in [0.2, 0.25) is 0 Å². The van der Waals surface area contributed by atoms with Crippen LogP contribution < -0.4 is 10.0 Å². The number of hydrogen-bond donors (Lipinski definition) is 2. The van der Waals surface area contributed by atoms with E-state index in [4.69, 9.17) is 4.74 Å². The molecule has 1 saturated carbocycles. The number of rotatable bonds is 10. The van der Waals surface area contributed by atoms with E-state index in [1.807, 2.05) is 6.92 Å². The summed E-state index contributed by atoms with van der Waals surface area (Å²) < 4.78 is 32.0. The van der Waals surface area contributed by atoms with Gasteiger partial charge in [0.1, 0.15) is 5.69 Å².